The fourth-order valence-electron chi connectivity index (χ4n) is 2.90. The summed E-state index contributed by atoms with van der Waals surface area (Å²) in [6.45, 7) is 2.23. The number of hydrogen-bond donors (Lipinski definition) is 1. The molecule has 1 amide bonds. The SMILES string of the molecule is COc1ccccc1CNC(=O)c1cc(C)n2nc(-c3ccco3)cc2n1. The van der Waals surface area contributed by atoms with Crippen LogP contribution in [-0.4, -0.2) is 27.6 Å². The van der Waals surface area contributed by atoms with Crippen LogP contribution in [-0.2, 0) is 6.54 Å². The molecule has 3 heterocycles. The van der Waals surface area contributed by atoms with Gasteiger partial charge in [0.2, 0.25) is 0 Å². The first-order chi connectivity index (χ1) is 13.2. The van der Waals surface area contributed by atoms with Crippen molar-refractivity contribution in [1.29, 1.82) is 0 Å². The predicted molar refractivity (Wildman–Crippen MR) is 99.6 cm³/mol. The second-order valence-corrected chi connectivity index (χ2v) is 6.05. The zero-order valence-electron chi connectivity index (χ0n) is 15.0. The second kappa shape index (κ2) is 6.95. The lowest BCUT2D eigenvalue weighted by Crippen LogP contribution is -2.24. The normalized spacial score (nSPS) is 10.9. The molecular formula is C20H18N4O3. The molecule has 0 saturated heterocycles. The summed E-state index contributed by atoms with van der Waals surface area (Å²) in [5, 5.41) is 7.37. The number of aromatic nitrogens is 3. The lowest BCUT2D eigenvalue weighted by molar-refractivity contribution is 0.0945. The van der Waals surface area contributed by atoms with Crippen molar-refractivity contribution >= 4 is 11.6 Å². The Morgan fingerprint density at radius 3 is 2.85 bits per heavy atom. The van der Waals surface area contributed by atoms with Crippen LogP contribution in [0.4, 0.5) is 0 Å². The summed E-state index contributed by atoms with van der Waals surface area (Å²) >= 11 is 0. The Labute approximate surface area is 155 Å². The van der Waals surface area contributed by atoms with Gasteiger partial charge in [0.05, 0.1) is 13.4 Å². The van der Waals surface area contributed by atoms with Gasteiger partial charge in [-0.3, -0.25) is 4.79 Å². The average Bonchev–Trinajstić information content (AvgIpc) is 3.35. The van der Waals surface area contributed by atoms with Crippen LogP contribution in [0.3, 0.4) is 0 Å². The van der Waals surface area contributed by atoms with Crippen molar-refractivity contribution in [2.24, 2.45) is 0 Å². The number of nitrogens with one attached hydrogen (secondary N) is 1. The Hall–Kier alpha value is -3.61. The van der Waals surface area contributed by atoms with Crippen LogP contribution in [0.15, 0.2) is 59.2 Å². The fraction of sp³-hybridized carbons (Fsp3) is 0.150. The standard InChI is InChI=1S/C20H18N4O3/c1-13-10-16(20(25)21-12-14-6-3-4-7-17(14)26-2)22-19-11-15(23-24(13)19)18-8-5-9-27-18/h3-11H,12H2,1-2H3,(H,21,25). The van der Waals surface area contributed by atoms with Crippen LogP contribution in [0.25, 0.3) is 17.1 Å². The molecule has 0 fully saturated rings. The molecular weight excluding hydrogens is 344 g/mol. The molecule has 7 heteroatoms. The van der Waals surface area contributed by atoms with E-state index in [0.29, 0.717) is 29.3 Å². The molecule has 0 aliphatic rings. The van der Waals surface area contributed by atoms with Crippen molar-refractivity contribution < 1.29 is 13.9 Å². The summed E-state index contributed by atoms with van der Waals surface area (Å²) < 4.78 is 12.4. The Bertz CT molecular complexity index is 1100. The van der Waals surface area contributed by atoms with Crippen LogP contribution in [0.1, 0.15) is 21.7 Å². The fourth-order valence-corrected chi connectivity index (χ4v) is 2.90. The summed E-state index contributed by atoms with van der Waals surface area (Å²) in [6, 6.07) is 14.7. The van der Waals surface area contributed by atoms with Gasteiger partial charge >= 0.3 is 0 Å². The third-order valence-electron chi connectivity index (χ3n) is 4.24. The first-order valence-electron chi connectivity index (χ1n) is 8.47. The Balaban J connectivity index is 1.58. The number of benzene rings is 1. The highest BCUT2D eigenvalue weighted by Crippen LogP contribution is 2.21. The van der Waals surface area contributed by atoms with Gasteiger partial charge in [-0.25, -0.2) is 9.50 Å². The van der Waals surface area contributed by atoms with E-state index in [4.69, 9.17) is 9.15 Å². The number of para-hydroxylation sites is 1. The van der Waals surface area contributed by atoms with Crippen molar-refractivity contribution in [3.05, 3.63) is 71.7 Å². The summed E-state index contributed by atoms with van der Waals surface area (Å²) in [5.74, 6) is 1.13. The smallest absolute Gasteiger partial charge is 0.270 e. The second-order valence-electron chi connectivity index (χ2n) is 6.05. The molecule has 0 aliphatic carbocycles. The van der Waals surface area contributed by atoms with Crippen molar-refractivity contribution in [3.63, 3.8) is 0 Å². The number of hydrogen-bond acceptors (Lipinski definition) is 5. The van der Waals surface area contributed by atoms with Crippen LogP contribution in [0, 0.1) is 6.92 Å². The van der Waals surface area contributed by atoms with Crippen LogP contribution < -0.4 is 10.1 Å². The van der Waals surface area contributed by atoms with E-state index >= 15 is 0 Å². The van der Waals surface area contributed by atoms with E-state index in [1.165, 1.54) is 0 Å². The number of carbonyl (C=O) groups is 1. The third-order valence-corrected chi connectivity index (χ3v) is 4.24. The first kappa shape index (κ1) is 16.8. The summed E-state index contributed by atoms with van der Waals surface area (Å²) in [5.41, 5.74) is 3.29. The number of rotatable bonds is 5. The van der Waals surface area contributed by atoms with Gasteiger partial charge < -0.3 is 14.5 Å². The van der Waals surface area contributed by atoms with Crippen molar-refractivity contribution in [3.8, 4) is 17.2 Å². The lowest BCUT2D eigenvalue weighted by atomic mass is 10.2. The quantitative estimate of drug-likeness (QED) is 0.589. The molecule has 0 aliphatic heterocycles. The maximum atomic E-state index is 12.6. The number of ether oxygens (including phenoxy) is 1. The molecule has 0 radical (unpaired) electrons. The molecule has 4 rings (SSSR count). The zero-order chi connectivity index (χ0) is 18.8. The number of furan rings is 1. The highest BCUT2D eigenvalue weighted by atomic mass is 16.5. The summed E-state index contributed by atoms with van der Waals surface area (Å²) in [7, 11) is 1.61. The van der Waals surface area contributed by atoms with Gasteiger partial charge in [-0.15, -0.1) is 0 Å². The molecule has 0 saturated carbocycles. The highest BCUT2D eigenvalue weighted by molar-refractivity contribution is 5.92. The molecule has 0 unspecified atom stereocenters. The van der Waals surface area contributed by atoms with Gasteiger partial charge in [-0.2, -0.15) is 5.10 Å². The molecule has 0 spiro atoms. The monoisotopic (exact) mass is 362 g/mol. The minimum atomic E-state index is -0.257. The van der Waals surface area contributed by atoms with Crippen LogP contribution >= 0.6 is 0 Å². The van der Waals surface area contributed by atoms with Gasteiger partial charge in [0.25, 0.3) is 5.91 Å². The number of methoxy groups -OCH3 is 1. The van der Waals surface area contributed by atoms with E-state index in [1.54, 1.807) is 36.1 Å². The van der Waals surface area contributed by atoms with E-state index in [0.717, 1.165) is 17.0 Å². The molecule has 0 atom stereocenters. The molecule has 1 N–H and O–H groups in total. The average molecular weight is 362 g/mol. The van der Waals surface area contributed by atoms with E-state index in [1.807, 2.05) is 37.3 Å². The molecule has 7 nitrogen and oxygen atoms in total. The molecule has 0 bridgehead atoms. The number of aryl methyl sites for hydroxylation is 1. The minimum Gasteiger partial charge on any atom is -0.496 e. The van der Waals surface area contributed by atoms with Gasteiger partial charge in [0, 0.05) is 23.9 Å². The third kappa shape index (κ3) is 3.27. The molecule has 136 valence electrons. The van der Waals surface area contributed by atoms with Crippen LogP contribution in [0.5, 0.6) is 5.75 Å². The molecule has 3 aromatic heterocycles. The minimum absolute atomic E-state index is 0.257. The predicted octanol–water partition coefficient (Wildman–Crippen LogP) is 3.24. The Morgan fingerprint density at radius 2 is 2.07 bits per heavy atom. The number of carbonyl (C=O) groups excluding carboxylic acids is 1. The molecule has 4 aromatic rings. The van der Waals surface area contributed by atoms with Crippen LogP contribution in [0.2, 0.25) is 0 Å². The highest BCUT2D eigenvalue weighted by Gasteiger charge is 2.14. The van der Waals surface area contributed by atoms with Gasteiger partial charge in [-0.05, 0) is 31.2 Å². The summed E-state index contributed by atoms with van der Waals surface area (Å²) in [6.07, 6.45) is 1.59. The molecule has 1 aromatic carbocycles. The van der Waals surface area contributed by atoms with Crippen molar-refractivity contribution in [1.82, 2.24) is 19.9 Å². The van der Waals surface area contributed by atoms with E-state index < -0.39 is 0 Å². The lowest BCUT2D eigenvalue weighted by Gasteiger charge is -2.10. The molecule has 27 heavy (non-hydrogen) atoms. The van der Waals surface area contributed by atoms with Gasteiger partial charge in [0.15, 0.2) is 11.4 Å². The van der Waals surface area contributed by atoms with Gasteiger partial charge in [0.1, 0.15) is 17.1 Å². The maximum Gasteiger partial charge on any atom is 0.270 e. The van der Waals surface area contributed by atoms with E-state index in [-0.39, 0.29) is 5.91 Å². The Kier molecular flexibility index (Phi) is 4.33. The van der Waals surface area contributed by atoms with E-state index in [9.17, 15) is 4.79 Å². The van der Waals surface area contributed by atoms with Crippen molar-refractivity contribution in [2.45, 2.75) is 13.5 Å². The summed E-state index contributed by atoms with van der Waals surface area (Å²) in [4.78, 5) is 17.0. The number of amides is 1. The largest absolute Gasteiger partial charge is 0.496 e. The number of fused-ring (bicyclic) bond motifs is 1. The van der Waals surface area contributed by atoms with Crippen molar-refractivity contribution in [2.75, 3.05) is 7.11 Å². The zero-order valence-corrected chi connectivity index (χ0v) is 15.0. The maximum absolute atomic E-state index is 12.6. The van der Waals surface area contributed by atoms with Gasteiger partial charge in [-0.1, -0.05) is 18.2 Å². The van der Waals surface area contributed by atoms with E-state index in [2.05, 4.69) is 15.4 Å². The topological polar surface area (TPSA) is 81.7 Å². The first-order valence-corrected chi connectivity index (χ1v) is 8.47. The Morgan fingerprint density at radius 1 is 1.22 bits per heavy atom. The number of nitrogens with zero attached hydrogens (tertiary/aromatic N) is 3.